The second kappa shape index (κ2) is 4.29. The SMILES string of the molecule is Cc1cccc(Oc2ncc(C(=O)O)n2C)c1. The van der Waals surface area contributed by atoms with Gasteiger partial charge in [0.15, 0.2) is 0 Å². The maximum Gasteiger partial charge on any atom is 0.354 e. The molecule has 1 aromatic heterocycles. The lowest BCUT2D eigenvalue weighted by molar-refractivity contribution is 0.0685. The summed E-state index contributed by atoms with van der Waals surface area (Å²) >= 11 is 0. The van der Waals surface area contributed by atoms with Crippen LogP contribution in [0.5, 0.6) is 11.8 Å². The molecule has 2 aromatic rings. The summed E-state index contributed by atoms with van der Waals surface area (Å²) in [5.41, 5.74) is 1.16. The van der Waals surface area contributed by atoms with Crippen LogP contribution in [0.4, 0.5) is 0 Å². The molecule has 0 unspecified atom stereocenters. The smallest absolute Gasteiger partial charge is 0.354 e. The fraction of sp³-hybridized carbons (Fsp3) is 0.167. The van der Waals surface area contributed by atoms with Gasteiger partial charge in [-0.1, -0.05) is 12.1 Å². The molecule has 0 saturated heterocycles. The number of aromatic carboxylic acids is 1. The minimum Gasteiger partial charge on any atom is -0.477 e. The van der Waals surface area contributed by atoms with E-state index in [1.54, 1.807) is 13.1 Å². The van der Waals surface area contributed by atoms with Crippen molar-refractivity contribution in [2.75, 3.05) is 0 Å². The van der Waals surface area contributed by atoms with Crippen LogP contribution in [0.15, 0.2) is 30.5 Å². The number of carboxylic acids is 1. The zero-order valence-electron chi connectivity index (χ0n) is 9.54. The Morgan fingerprint density at radius 3 is 2.82 bits per heavy atom. The zero-order chi connectivity index (χ0) is 12.4. The molecule has 0 saturated carbocycles. The summed E-state index contributed by atoms with van der Waals surface area (Å²) < 4.78 is 6.90. The van der Waals surface area contributed by atoms with E-state index in [0.717, 1.165) is 5.56 Å². The molecule has 0 spiro atoms. The summed E-state index contributed by atoms with van der Waals surface area (Å²) in [5.74, 6) is -0.394. The Balaban J connectivity index is 2.28. The molecule has 17 heavy (non-hydrogen) atoms. The lowest BCUT2D eigenvalue weighted by Gasteiger charge is -2.06. The Bertz CT molecular complexity index is 561. The number of rotatable bonds is 3. The van der Waals surface area contributed by atoms with E-state index in [0.29, 0.717) is 5.75 Å². The molecular weight excluding hydrogens is 220 g/mol. The average Bonchev–Trinajstić information content (AvgIpc) is 2.61. The van der Waals surface area contributed by atoms with E-state index in [1.165, 1.54) is 10.8 Å². The van der Waals surface area contributed by atoms with E-state index >= 15 is 0 Å². The van der Waals surface area contributed by atoms with Crippen molar-refractivity contribution < 1.29 is 14.6 Å². The first kappa shape index (κ1) is 11.2. The highest BCUT2D eigenvalue weighted by atomic mass is 16.5. The van der Waals surface area contributed by atoms with Gasteiger partial charge in [0, 0.05) is 7.05 Å². The first-order chi connectivity index (χ1) is 8.08. The summed E-state index contributed by atoms with van der Waals surface area (Å²) in [7, 11) is 1.60. The third-order valence-corrected chi connectivity index (χ3v) is 2.36. The van der Waals surface area contributed by atoms with E-state index in [2.05, 4.69) is 4.98 Å². The molecule has 1 heterocycles. The highest BCUT2D eigenvalue weighted by molar-refractivity contribution is 5.85. The van der Waals surface area contributed by atoms with Crippen LogP contribution in [0.3, 0.4) is 0 Å². The van der Waals surface area contributed by atoms with Crippen LogP contribution in [0.1, 0.15) is 16.1 Å². The number of hydrogen-bond acceptors (Lipinski definition) is 3. The van der Waals surface area contributed by atoms with E-state index in [4.69, 9.17) is 9.84 Å². The topological polar surface area (TPSA) is 64.3 Å². The van der Waals surface area contributed by atoms with Crippen molar-refractivity contribution in [3.8, 4) is 11.8 Å². The maximum absolute atomic E-state index is 10.8. The van der Waals surface area contributed by atoms with Gasteiger partial charge in [-0.2, -0.15) is 0 Å². The van der Waals surface area contributed by atoms with E-state index in [9.17, 15) is 4.79 Å². The van der Waals surface area contributed by atoms with Gasteiger partial charge in [-0.15, -0.1) is 0 Å². The van der Waals surface area contributed by atoms with Crippen LogP contribution in [-0.2, 0) is 7.05 Å². The van der Waals surface area contributed by atoms with Gasteiger partial charge in [-0.05, 0) is 24.6 Å². The quantitative estimate of drug-likeness (QED) is 0.881. The Hall–Kier alpha value is -2.30. The summed E-state index contributed by atoms with van der Waals surface area (Å²) in [5, 5.41) is 8.87. The number of ether oxygens (including phenoxy) is 1. The minimum absolute atomic E-state index is 0.0904. The molecule has 1 N–H and O–H groups in total. The molecule has 0 amide bonds. The van der Waals surface area contributed by atoms with Crippen LogP contribution in [-0.4, -0.2) is 20.6 Å². The average molecular weight is 232 g/mol. The Morgan fingerprint density at radius 1 is 1.47 bits per heavy atom. The van der Waals surface area contributed by atoms with Crippen molar-refractivity contribution in [1.29, 1.82) is 0 Å². The second-order valence-electron chi connectivity index (χ2n) is 3.71. The van der Waals surface area contributed by atoms with Gasteiger partial charge >= 0.3 is 12.0 Å². The molecule has 1 aromatic carbocycles. The van der Waals surface area contributed by atoms with Crippen molar-refractivity contribution >= 4 is 5.97 Å². The predicted octanol–water partition coefficient (Wildman–Crippen LogP) is 2.22. The van der Waals surface area contributed by atoms with Gasteiger partial charge in [0.25, 0.3) is 0 Å². The highest BCUT2D eigenvalue weighted by Gasteiger charge is 2.13. The molecule has 2 rings (SSSR count). The van der Waals surface area contributed by atoms with Gasteiger partial charge in [0.2, 0.25) is 0 Å². The molecular formula is C12H12N2O3. The molecule has 0 fully saturated rings. The van der Waals surface area contributed by atoms with Gasteiger partial charge in [0.1, 0.15) is 11.4 Å². The summed E-state index contributed by atoms with van der Waals surface area (Å²) in [6.45, 7) is 1.95. The molecule has 88 valence electrons. The second-order valence-corrected chi connectivity index (χ2v) is 3.71. The van der Waals surface area contributed by atoms with Crippen molar-refractivity contribution in [2.24, 2.45) is 7.05 Å². The molecule has 0 aliphatic heterocycles. The largest absolute Gasteiger partial charge is 0.477 e. The fourth-order valence-corrected chi connectivity index (χ4v) is 1.47. The molecule has 0 radical (unpaired) electrons. The molecule has 0 aliphatic carbocycles. The van der Waals surface area contributed by atoms with Crippen LogP contribution in [0, 0.1) is 6.92 Å². The standard InChI is InChI=1S/C12H12N2O3/c1-8-4-3-5-9(6-8)17-12-13-7-10(11(15)16)14(12)2/h3-7H,1-2H3,(H,15,16). The zero-order valence-corrected chi connectivity index (χ0v) is 9.54. The minimum atomic E-state index is -1.03. The number of aromatic nitrogens is 2. The number of imidazole rings is 1. The Kier molecular flexibility index (Phi) is 2.82. The summed E-state index contributed by atoms with van der Waals surface area (Å²) in [4.78, 5) is 14.7. The third-order valence-electron chi connectivity index (χ3n) is 2.36. The van der Waals surface area contributed by atoms with Crippen molar-refractivity contribution in [3.63, 3.8) is 0 Å². The Morgan fingerprint density at radius 2 is 2.24 bits per heavy atom. The molecule has 0 atom stereocenters. The van der Waals surface area contributed by atoms with E-state index in [-0.39, 0.29) is 11.7 Å². The molecule has 5 nitrogen and oxygen atoms in total. The van der Waals surface area contributed by atoms with Crippen molar-refractivity contribution in [3.05, 3.63) is 41.7 Å². The lowest BCUT2D eigenvalue weighted by atomic mass is 10.2. The van der Waals surface area contributed by atoms with E-state index in [1.807, 2.05) is 25.1 Å². The first-order valence-corrected chi connectivity index (χ1v) is 5.07. The molecule has 0 bridgehead atoms. The van der Waals surface area contributed by atoms with Crippen LogP contribution in [0.25, 0.3) is 0 Å². The first-order valence-electron chi connectivity index (χ1n) is 5.07. The number of hydrogen-bond donors (Lipinski definition) is 1. The summed E-state index contributed by atoms with van der Waals surface area (Å²) in [6.07, 6.45) is 1.27. The van der Waals surface area contributed by atoms with Crippen LogP contribution in [0.2, 0.25) is 0 Å². The van der Waals surface area contributed by atoms with Gasteiger partial charge in [-0.25, -0.2) is 9.78 Å². The highest BCUT2D eigenvalue weighted by Crippen LogP contribution is 2.21. The predicted molar refractivity (Wildman–Crippen MR) is 61.4 cm³/mol. The maximum atomic E-state index is 10.8. The van der Waals surface area contributed by atoms with E-state index < -0.39 is 5.97 Å². The van der Waals surface area contributed by atoms with Crippen LogP contribution < -0.4 is 4.74 Å². The third kappa shape index (κ3) is 2.28. The molecule has 5 heteroatoms. The van der Waals surface area contributed by atoms with Gasteiger partial charge in [0.05, 0.1) is 6.20 Å². The number of aryl methyl sites for hydroxylation is 1. The summed E-state index contributed by atoms with van der Waals surface area (Å²) in [6, 6.07) is 7.73. The van der Waals surface area contributed by atoms with Crippen molar-refractivity contribution in [1.82, 2.24) is 9.55 Å². The number of carboxylic acid groups (broad SMARTS) is 1. The van der Waals surface area contributed by atoms with Gasteiger partial charge in [-0.3, -0.25) is 4.57 Å². The van der Waals surface area contributed by atoms with Crippen molar-refractivity contribution in [2.45, 2.75) is 6.92 Å². The lowest BCUT2D eigenvalue weighted by Crippen LogP contribution is -2.05. The fourth-order valence-electron chi connectivity index (χ4n) is 1.47. The number of carbonyl (C=O) groups is 1. The monoisotopic (exact) mass is 232 g/mol. The molecule has 0 aliphatic rings. The number of benzene rings is 1. The van der Waals surface area contributed by atoms with Crippen LogP contribution >= 0.6 is 0 Å². The Labute approximate surface area is 98.3 Å². The van der Waals surface area contributed by atoms with Gasteiger partial charge < -0.3 is 9.84 Å². The number of nitrogens with zero attached hydrogens (tertiary/aromatic N) is 2. The normalized spacial score (nSPS) is 10.2.